The van der Waals surface area contributed by atoms with Gasteiger partial charge in [-0.2, -0.15) is 0 Å². The molecule has 3 nitrogen and oxygen atoms in total. The molecule has 0 unspecified atom stereocenters. The van der Waals surface area contributed by atoms with Gasteiger partial charge in [-0.1, -0.05) is 24.6 Å². The quantitative estimate of drug-likeness (QED) is 0.867. The van der Waals surface area contributed by atoms with E-state index in [1.165, 1.54) is 19.3 Å². The third-order valence-corrected chi connectivity index (χ3v) is 4.32. The van der Waals surface area contributed by atoms with Gasteiger partial charge in [0.05, 0.1) is 6.54 Å². The van der Waals surface area contributed by atoms with Crippen LogP contribution in [0.4, 0.5) is 5.69 Å². The summed E-state index contributed by atoms with van der Waals surface area (Å²) in [5.41, 5.74) is 2.01. The molecule has 0 saturated heterocycles. The van der Waals surface area contributed by atoms with Gasteiger partial charge in [0.2, 0.25) is 5.91 Å². The van der Waals surface area contributed by atoms with Gasteiger partial charge >= 0.3 is 0 Å². The fraction of sp³-hybridized carbons (Fsp3) is 0.533. The average molecular weight is 281 g/mol. The first-order valence-corrected chi connectivity index (χ1v) is 7.23. The minimum atomic E-state index is -0.00917. The minimum Gasteiger partial charge on any atom is -0.325 e. The molecule has 1 aliphatic rings. The molecule has 1 aliphatic carbocycles. The number of hydrogen-bond acceptors (Lipinski definition) is 2. The van der Waals surface area contributed by atoms with Crippen LogP contribution >= 0.6 is 11.6 Å². The number of rotatable bonds is 5. The molecule has 0 aromatic heterocycles. The van der Waals surface area contributed by atoms with Crippen LogP contribution in [0.25, 0.3) is 0 Å². The first-order chi connectivity index (χ1) is 9.04. The number of carbonyl (C=O) groups excluding carboxylic acids is 1. The number of nitrogens with one attached hydrogen (secondary N) is 2. The lowest BCUT2D eigenvalue weighted by atomic mass is 9.75. The number of halogens is 1. The Labute approximate surface area is 119 Å². The molecule has 2 rings (SSSR count). The summed E-state index contributed by atoms with van der Waals surface area (Å²) in [5, 5.41) is 6.94. The first-order valence-electron chi connectivity index (χ1n) is 6.86. The predicted octanol–water partition coefficient (Wildman–Crippen LogP) is 3.51. The molecule has 4 heteroatoms. The summed E-state index contributed by atoms with van der Waals surface area (Å²) in [4.78, 5) is 12.0. The zero-order valence-electron chi connectivity index (χ0n) is 11.6. The van der Waals surface area contributed by atoms with E-state index >= 15 is 0 Å². The van der Waals surface area contributed by atoms with E-state index in [1.54, 1.807) is 6.07 Å². The van der Waals surface area contributed by atoms with Crippen LogP contribution in [0.1, 0.15) is 38.2 Å². The Morgan fingerprint density at radius 3 is 2.74 bits per heavy atom. The van der Waals surface area contributed by atoms with Gasteiger partial charge in [-0.15, -0.1) is 0 Å². The van der Waals surface area contributed by atoms with Crippen molar-refractivity contribution in [3.63, 3.8) is 0 Å². The second kappa shape index (κ2) is 5.93. The van der Waals surface area contributed by atoms with Gasteiger partial charge in [-0.05, 0) is 50.3 Å². The second-order valence-electron chi connectivity index (χ2n) is 5.35. The summed E-state index contributed by atoms with van der Waals surface area (Å²) in [6.45, 7) is 4.49. The molecule has 1 fully saturated rings. The third kappa shape index (κ3) is 3.48. The van der Waals surface area contributed by atoms with Crippen molar-refractivity contribution in [2.75, 3.05) is 11.9 Å². The molecule has 19 heavy (non-hydrogen) atoms. The average Bonchev–Trinajstić information content (AvgIpc) is 2.33. The lowest BCUT2D eigenvalue weighted by Gasteiger charge is -2.42. The van der Waals surface area contributed by atoms with E-state index in [1.807, 2.05) is 19.1 Å². The highest BCUT2D eigenvalue weighted by atomic mass is 35.5. The smallest absolute Gasteiger partial charge is 0.238 e. The summed E-state index contributed by atoms with van der Waals surface area (Å²) < 4.78 is 0. The molecule has 0 heterocycles. The van der Waals surface area contributed by atoms with Crippen molar-refractivity contribution in [2.24, 2.45) is 0 Å². The highest BCUT2D eigenvalue weighted by Crippen LogP contribution is 2.34. The van der Waals surface area contributed by atoms with E-state index in [4.69, 9.17) is 11.6 Å². The van der Waals surface area contributed by atoms with Crippen LogP contribution in [-0.4, -0.2) is 18.0 Å². The van der Waals surface area contributed by atoms with Gasteiger partial charge < -0.3 is 10.6 Å². The second-order valence-corrected chi connectivity index (χ2v) is 5.78. The molecule has 0 atom stereocenters. The summed E-state index contributed by atoms with van der Waals surface area (Å²) in [6, 6.07) is 5.52. The molecular formula is C15H21ClN2O. The van der Waals surface area contributed by atoms with Crippen LogP contribution in [0, 0.1) is 6.92 Å². The van der Waals surface area contributed by atoms with Crippen LogP contribution in [0.15, 0.2) is 18.2 Å². The number of benzene rings is 1. The lowest BCUT2D eigenvalue weighted by Crippen LogP contribution is -2.52. The standard InChI is InChI=1S/C15H21ClN2O/c1-3-15(7-4-8-15)17-10-14(19)18-13-9-12(16)6-5-11(13)2/h5-6,9,17H,3-4,7-8,10H2,1-2H3,(H,18,19). The molecule has 0 spiro atoms. The molecule has 1 saturated carbocycles. The van der Waals surface area contributed by atoms with Crippen LogP contribution < -0.4 is 10.6 Å². The predicted molar refractivity (Wildman–Crippen MR) is 79.7 cm³/mol. The van der Waals surface area contributed by atoms with Gasteiger partial charge in [0, 0.05) is 16.2 Å². The van der Waals surface area contributed by atoms with Crippen molar-refractivity contribution in [3.05, 3.63) is 28.8 Å². The molecule has 104 valence electrons. The maximum atomic E-state index is 12.0. The van der Waals surface area contributed by atoms with Crippen molar-refractivity contribution in [1.29, 1.82) is 0 Å². The van der Waals surface area contributed by atoms with Crippen molar-refractivity contribution in [1.82, 2.24) is 5.32 Å². The highest BCUT2D eigenvalue weighted by Gasteiger charge is 2.34. The molecule has 0 radical (unpaired) electrons. The summed E-state index contributed by atoms with van der Waals surface area (Å²) in [7, 11) is 0. The van der Waals surface area contributed by atoms with Crippen LogP contribution in [-0.2, 0) is 4.79 Å². The number of hydrogen-bond donors (Lipinski definition) is 2. The van der Waals surface area contributed by atoms with Gasteiger partial charge in [0.15, 0.2) is 0 Å². The molecule has 1 aromatic carbocycles. The summed E-state index contributed by atoms with van der Waals surface area (Å²) in [6.07, 6.45) is 4.69. The van der Waals surface area contributed by atoms with Crippen LogP contribution in [0.2, 0.25) is 5.02 Å². The Morgan fingerprint density at radius 2 is 2.16 bits per heavy atom. The Morgan fingerprint density at radius 1 is 1.42 bits per heavy atom. The van der Waals surface area contributed by atoms with E-state index < -0.39 is 0 Å². The minimum absolute atomic E-state index is 0.00917. The topological polar surface area (TPSA) is 41.1 Å². The summed E-state index contributed by atoms with van der Waals surface area (Å²) >= 11 is 5.94. The maximum Gasteiger partial charge on any atom is 0.238 e. The highest BCUT2D eigenvalue weighted by molar-refractivity contribution is 6.31. The normalized spacial score (nSPS) is 16.8. The molecule has 2 N–H and O–H groups in total. The fourth-order valence-electron chi connectivity index (χ4n) is 2.45. The van der Waals surface area contributed by atoms with Crippen molar-refractivity contribution < 1.29 is 4.79 Å². The molecule has 1 aromatic rings. The maximum absolute atomic E-state index is 12.0. The zero-order chi connectivity index (χ0) is 13.9. The number of carbonyl (C=O) groups is 1. The zero-order valence-corrected chi connectivity index (χ0v) is 12.3. The first kappa shape index (κ1) is 14.4. The summed E-state index contributed by atoms with van der Waals surface area (Å²) in [5.74, 6) is -0.00917. The monoisotopic (exact) mass is 280 g/mol. The van der Waals surface area contributed by atoms with Gasteiger partial charge in [-0.3, -0.25) is 4.79 Å². The Hall–Kier alpha value is -1.06. The largest absolute Gasteiger partial charge is 0.325 e. The molecule has 0 bridgehead atoms. The van der Waals surface area contributed by atoms with E-state index in [9.17, 15) is 4.79 Å². The SMILES string of the molecule is CCC1(NCC(=O)Nc2cc(Cl)ccc2C)CCC1. The van der Waals surface area contributed by atoms with Crippen LogP contribution in [0.3, 0.4) is 0 Å². The van der Waals surface area contributed by atoms with Gasteiger partial charge in [0.25, 0.3) is 0 Å². The Kier molecular flexibility index (Phi) is 4.48. The van der Waals surface area contributed by atoms with E-state index in [0.717, 1.165) is 17.7 Å². The van der Waals surface area contributed by atoms with E-state index in [2.05, 4.69) is 17.6 Å². The van der Waals surface area contributed by atoms with Crippen LogP contribution in [0.5, 0.6) is 0 Å². The Balaban J connectivity index is 1.89. The van der Waals surface area contributed by atoms with Crippen molar-refractivity contribution in [3.8, 4) is 0 Å². The van der Waals surface area contributed by atoms with Crippen molar-refractivity contribution in [2.45, 2.75) is 45.1 Å². The van der Waals surface area contributed by atoms with Crippen molar-refractivity contribution >= 4 is 23.2 Å². The van der Waals surface area contributed by atoms with E-state index in [-0.39, 0.29) is 11.4 Å². The Bertz CT molecular complexity index is 464. The van der Waals surface area contributed by atoms with E-state index in [0.29, 0.717) is 11.6 Å². The molecule has 0 aliphatic heterocycles. The lowest BCUT2D eigenvalue weighted by molar-refractivity contribution is -0.116. The fourth-order valence-corrected chi connectivity index (χ4v) is 2.62. The number of anilines is 1. The third-order valence-electron chi connectivity index (χ3n) is 4.09. The molecular weight excluding hydrogens is 260 g/mol. The number of aryl methyl sites for hydroxylation is 1. The van der Waals surface area contributed by atoms with Gasteiger partial charge in [-0.25, -0.2) is 0 Å². The van der Waals surface area contributed by atoms with Gasteiger partial charge in [0.1, 0.15) is 0 Å². The molecule has 1 amide bonds. The number of amides is 1.